The molecule has 1 N–H and O–H groups in total. The number of benzene rings is 2. The fourth-order valence-electron chi connectivity index (χ4n) is 4.44. The number of hydrogen-bond acceptors (Lipinski definition) is 4. The number of H-pyrrole nitrogens is 1. The molecule has 0 atom stereocenters. The van der Waals surface area contributed by atoms with Crippen LogP contribution in [0.25, 0.3) is 11.3 Å². The van der Waals surface area contributed by atoms with Crippen LogP contribution in [0.5, 0.6) is 0 Å². The molecule has 7 nitrogen and oxygen atoms in total. The summed E-state index contributed by atoms with van der Waals surface area (Å²) in [5.41, 5.74) is 4.28. The largest absolute Gasteiger partial charge is 0.336 e. The molecule has 2 heterocycles. The van der Waals surface area contributed by atoms with E-state index in [0.717, 1.165) is 30.4 Å². The Balaban J connectivity index is 1.30. The predicted octanol–water partition coefficient (Wildman–Crippen LogP) is 3.37. The minimum absolute atomic E-state index is 0.168. The van der Waals surface area contributed by atoms with Gasteiger partial charge in [0.05, 0.1) is 22.3 Å². The molecule has 32 heavy (non-hydrogen) atoms. The molecule has 1 aromatic heterocycles. The van der Waals surface area contributed by atoms with Crippen LogP contribution in [0.15, 0.2) is 53.6 Å². The van der Waals surface area contributed by atoms with Crippen molar-refractivity contribution in [1.29, 1.82) is 0 Å². The molecular weight excluding hydrogens is 448 g/mol. The number of aromatic nitrogens is 2. The van der Waals surface area contributed by atoms with Crippen LogP contribution in [0.4, 0.5) is 0 Å². The average molecular weight is 471 g/mol. The number of halogens is 1. The second-order valence-electron chi connectivity index (χ2n) is 8.15. The Kier molecular flexibility index (Phi) is 5.53. The SMILES string of the molecule is O=C(c1cn[nH]c1-c1ccc(Cl)cc1)N1CCN(S(=O)(=O)c2ccc3c(c2)CCC3)CC1. The molecule has 0 saturated carbocycles. The number of nitrogens with zero attached hydrogens (tertiary/aromatic N) is 3. The maximum atomic E-state index is 13.2. The van der Waals surface area contributed by atoms with Crippen molar-refractivity contribution in [2.24, 2.45) is 0 Å². The summed E-state index contributed by atoms with van der Waals surface area (Å²) in [6, 6.07) is 12.6. The first-order chi connectivity index (χ1) is 15.4. The number of carbonyl (C=O) groups excluding carboxylic acids is 1. The minimum atomic E-state index is -3.58. The van der Waals surface area contributed by atoms with Crippen molar-refractivity contribution in [2.75, 3.05) is 26.2 Å². The summed E-state index contributed by atoms with van der Waals surface area (Å²) in [5, 5.41) is 7.55. The molecule has 0 spiro atoms. The number of fused-ring (bicyclic) bond motifs is 1. The third-order valence-corrected chi connectivity index (χ3v) is 8.38. The van der Waals surface area contributed by atoms with Crippen LogP contribution in [0, 0.1) is 0 Å². The molecule has 0 bridgehead atoms. The van der Waals surface area contributed by atoms with E-state index in [1.165, 1.54) is 16.1 Å². The van der Waals surface area contributed by atoms with Crippen molar-refractivity contribution in [3.8, 4) is 11.3 Å². The van der Waals surface area contributed by atoms with Crippen molar-refractivity contribution in [2.45, 2.75) is 24.2 Å². The maximum absolute atomic E-state index is 13.2. The molecule has 1 amide bonds. The Morgan fingerprint density at radius 3 is 2.44 bits per heavy atom. The highest BCUT2D eigenvalue weighted by atomic mass is 35.5. The molecule has 9 heteroatoms. The van der Waals surface area contributed by atoms with Crippen LogP contribution in [-0.2, 0) is 22.9 Å². The normalized spacial score (nSPS) is 16.8. The van der Waals surface area contributed by atoms with Crippen LogP contribution in [0.3, 0.4) is 0 Å². The maximum Gasteiger partial charge on any atom is 0.257 e. The van der Waals surface area contributed by atoms with Gasteiger partial charge in [-0.15, -0.1) is 0 Å². The van der Waals surface area contributed by atoms with Gasteiger partial charge >= 0.3 is 0 Å². The number of rotatable bonds is 4. The summed E-state index contributed by atoms with van der Waals surface area (Å²) in [5.74, 6) is -0.168. The number of nitrogens with one attached hydrogen (secondary N) is 1. The number of carbonyl (C=O) groups is 1. The molecule has 5 rings (SSSR count). The van der Waals surface area contributed by atoms with Crippen molar-refractivity contribution in [3.63, 3.8) is 0 Å². The number of piperazine rings is 1. The first-order valence-corrected chi connectivity index (χ1v) is 12.5. The highest BCUT2D eigenvalue weighted by Gasteiger charge is 2.32. The van der Waals surface area contributed by atoms with Crippen molar-refractivity contribution >= 4 is 27.5 Å². The van der Waals surface area contributed by atoms with Gasteiger partial charge in [-0.1, -0.05) is 29.8 Å². The predicted molar refractivity (Wildman–Crippen MR) is 122 cm³/mol. The van der Waals surface area contributed by atoms with Crippen LogP contribution in [0.1, 0.15) is 27.9 Å². The quantitative estimate of drug-likeness (QED) is 0.633. The molecule has 2 aromatic carbocycles. The molecule has 166 valence electrons. The van der Waals surface area contributed by atoms with E-state index in [1.54, 1.807) is 23.1 Å². The summed E-state index contributed by atoms with van der Waals surface area (Å²) >= 11 is 5.96. The van der Waals surface area contributed by atoms with Gasteiger partial charge < -0.3 is 4.90 Å². The molecule has 2 aliphatic rings. The van der Waals surface area contributed by atoms with E-state index in [4.69, 9.17) is 11.6 Å². The fraction of sp³-hybridized carbons (Fsp3) is 0.304. The molecule has 1 aliphatic heterocycles. The van der Waals surface area contributed by atoms with E-state index in [9.17, 15) is 13.2 Å². The van der Waals surface area contributed by atoms with Gasteiger partial charge in [0.1, 0.15) is 0 Å². The molecule has 0 radical (unpaired) electrons. The van der Waals surface area contributed by atoms with Gasteiger partial charge in [0.15, 0.2) is 0 Å². The number of sulfonamides is 1. The van der Waals surface area contributed by atoms with Crippen molar-refractivity contribution in [1.82, 2.24) is 19.4 Å². The number of aromatic amines is 1. The lowest BCUT2D eigenvalue weighted by molar-refractivity contribution is 0.0698. The molecule has 1 aliphatic carbocycles. The van der Waals surface area contributed by atoms with Gasteiger partial charge in [-0.05, 0) is 54.7 Å². The zero-order chi connectivity index (χ0) is 22.3. The van der Waals surface area contributed by atoms with E-state index in [2.05, 4.69) is 10.2 Å². The lowest BCUT2D eigenvalue weighted by Gasteiger charge is -2.34. The average Bonchev–Trinajstić information content (AvgIpc) is 3.48. The van der Waals surface area contributed by atoms with Gasteiger partial charge in [0.25, 0.3) is 5.91 Å². The Morgan fingerprint density at radius 2 is 1.69 bits per heavy atom. The zero-order valence-corrected chi connectivity index (χ0v) is 19.0. The van der Waals surface area contributed by atoms with E-state index in [1.807, 2.05) is 24.3 Å². The Bertz CT molecular complexity index is 1260. The monoisotopic (exact) mass is 470 g/mol. The fourth-order valence-corrected chi connectivity index (χ4v) is 6.04. The standard InChI is InChI=1S/C23H23ClN4O3S/c24-19-7-4-17(5-8-19)22-21(15-25-26-22)23(29)27-10-12-28(13-11-27)32(30,31)20-9-6-16-2-1-3-18(16)14-20/h4-9,14-15H,1-3,10-13H2,(H,25,26). The van der Waals surface area contributed by atoms with Crippen LogP contribution >= 0.6 is 11.6 Å². The lowest BCUT2D eigenvalue weighted by atomic mass is 10.1. The number of hydrogen-bond donors (Lipinski definition) is 1. The summed E-state index contributed by atoms with van der Waals surface area (Å²) in [6.45, 7) is 1.18. The smallest absolute Gasteiger partial charge is 0.257 e. The summed E-state index contributed by atoms with van der Waals surface area (Å²) in [4.78, 5) is 15.2. The third-order valence-electron chi connectivity index (χ3n) is 6.24. The summed E-state index contributed by atoms with van der Waals surface area (Å²) in [6.07, 6.45) is 4.54. The van der Waals surface area contributed by atoms with Crippen LogP contribution < -0.4 is 0 Å². The summed E-state index contributed by atoms with van der Waals surface area (Å²) in [7, 11) is -3.58. The third kappa shape index (κ3) is 3.83. The van der Waals surface area contributed by atoms with Gasteiger partial charge in [-0.3, -0.25) is 9.89 Å². The van der Waals surface area contributed by atoms with E-state index >= 15 is 0 Å². The first-order valence-electron chi connectivity index (χ1n) is 10.6. The molecule has 1 saturated heterocycles. The van der Waals surface area contributed by atoms with Crippen LogP contribution in [-0.4, -0.2) is 59.9 Å². The van der Waals surface area contributed by atoms with Gasteiger partial charge in [-0.25, -0.2) is 8.42 Å². The summed E-state index contributed by atoms with van der Waals surface area (Å²) < 4.78 is 27.8. The van der Waals surface area contributed by atoms with E-state index in [-0.39, 0.29) is 19.0 Å². The first kappa shape index (κ1) is 21.2. The Labute approximate surface area is 192 Å². The van der Waals surface area contributed by atoms with Gasteiger partial charge in [-0.2, -0.15) is 9.40 Å². The van der Waals surface area contributed by atoms with E-state index in [0.29, 0.717) is 34.3 Å². The molecular formula is C23H23ClN4O3S. The number of aryl methyl sites for hydroxylation is 2. The highest BCUT2D eigenvalue weighted by molar-refractivity contribution is 7.89. The Morgan fingerprint density at radius 1 is 0.969 bits per heavy atom. The minimum Gasteiger partial charge on any atom is -0.336 e. The van der Waals surface area contributed by atoms with Crippen molar-refractivity contribution < 1.29 is 13.2 Å². The van der Waals surface area contributed by atoms with E-state index < -0.39 is 10.0 Å². The van der Waals surface area contributed by atoms with Gasteiger partial charge in [0.2, 0.25) is 10.0 Å². The van der Waals surface area contributed by atoms with Gasteiger partial charge in [0, 0.05) is 36.8 Å². The lowest BCUT2D eigenvalue weighted by Crippen LogP contribution is -2.50. The number of amides is 1. The van der Waals surface area contributed by atoms with Crippen molar-refractivity contribution in [3.05, 3.63) is 70.4 Å². The second-order valence-corrected chi connectivity index (χ2v) is 10.5. The zero-order valence-electron chi connectivity index (χ0n) is 17.4. The molecule has 0 unspecified atom stereocenters. The highest BCUT2D eigenvalue weighted by Crippen LogP contribution is 2.28. The Hall–Kier alpha value is -2.68. The molecule has 1 fully saturated rings. The van der Waals surface area contributed by atoms with Crippen LogP contribution in [0.2, 0.25) is 5.02 Å². The topological polar surface area (TPSA) is 86.4 Å². The molecule has 3 aromatic rings. The second kappa shape index (κ2) is 8.35.